The monoisotopic (exact) mass is 222 g/mol. The fraction of sp³-hybridized carbons (Fsp3) is 0.917. The fourth-order valence-corrected chi connectivity index (χ4v) is 3.43. The van der Waals surface area contributed by atoms with Crippen molar-refractivity contribution in [1.29, 1.82) is 5.26 Å². The molecule has 0 radical (unpaired) electrons. The second-order valence-corrected chi connectivity index (χ2v) is 5.21. The lowest BCUT2D eigenvalue weighted by Gasteiger charge is -2.45. The summed E-state index contributed by atoms with van der Waals surface area (Å²) in [7, 11) is 0. The molecular weight excluding hydrogens is 204 g/mol. The Labute approximate surface area is 96.1 Å². The molecular formula is C12H18N2O2. The molecule has 1 spiro atoms. The van der Waals surface area contributed by atoms with Gasteiger partial charge in [-0.05, 0) is 24.7 Å². The van der Waals surface area contributed by atoms with Gasteiger partial charge in [-0.15, -0.1) is 0 Å². The van der Waals surface area contributed by atoms with E-state index in [4.69, 9.17) is 14.7 Å². The summed E-state index contributed by atoms with van der Waals surface area (Å²) in [4.78, 5) is 1.90. The summed E-state index contributed by atoms with van der Waals surface area (Å²) < 4.78 is 11.6. The number of piperidine rings is 1. The lowest BCUT2D eigenvalue weighted by atomic mass is 9.72. The van der Waals surface area contributed by atoms with E-state index in [0.717, 1.165) is 52.0 Å². The van der Waals surface area contributed by atoms with Crippen LogP contribution >= 0.6 is 0 Å². The maximum absolute atomic E-state index is 8.91. The van der Waals surface area contributed by atoms with Crippen molar-refractivity contribution >= 4 is 0 Å². The summed E-state index contributed by atoms with van der Waals surface area (Å²) >= 11 is 0. The minimum absolute atomic E-state index is 0.254. The van der Waals surface area contributed by atoms with Gasteiger partial charge in [0.15, 0.2) is 12.0 Å². The molecule has 3 rings (SSSR count). The summed E-state index contributed by atoms with van der Waals surface area (Å²) in [6, 6.07) is 0. The van der Waals surface area contributed by atoms with E-state index in [2.05, 4.69) is 6.19 Å². The number of nitriles is 1. The van der Waals surface area contributed by atoms with Crippen LogP contribution in [0.3, 0.4) is 0 Å². The molecule has 16 heavy (non-hydrogen) atoms. The highest BCUT2D eigenvalue weighted by Crippen LogP contribution is 2.44. The van der Waals surface area contributed by atoms with Gasteiger partial charge >= 0.3 is 0 Å². The van der Waals surface area contributed by atoms with E-state index in [-0.39, 0.29) is 5.79 Å². The number of fused-ring (bicyclic) bond motifs is 1. The van der Waals surface area contributed by atoms with Crippen LogP contribution in [-0.2, 0) is 9.47 Å². The van der Waals surface area contributed by atoms with Crippen molar-refractivity contribution in [2.75, 3.05) is 26.3 Å². The van der Waals surface area contributed by atoms with Crippen LogP contribution < -0.4 is 0 Å². The molecule has 4 heteroatoms. The first-order chi connectivity index (χ1) is 7.81. The Bertz CT molecular complexity index is 307. The molecule has 2 saturated heterocycles. The molecule has 1 aliphatic carbocycles. The zero-order valence-corrected chi connectivity index (χ0v) is 9.52. The first-order valence-corrected chi connectivity index (χ1v) is 6.24. The Hall–Kier alpha value is -0.790. The summed E-state index contributed by atoms with van der Waals surface area (Å²) in [6.07, 6.45) is 6.57. The fourth-order valence-electron chi connectivity index (χ4n) is 3.43. The summed E-state index contributed by atoms with van der Waals surface area (Å²) in [6.45, 7) is 3.36. The van der Waals surface area contributed by atoms with Crippen molar-refractivity contribution in [1.82, 2.24) is 4.90 Å². The van der Waals surface area contributed by atoms with Crippen molar-refractivity contribution in [3.05, 3.63) is 0 Å². The third-order valence-corrected chi connectivity index (χ3v) is 4.32. The SMILES string of the molecule is N#CN1CCC2CC3(CCC2C1)OCCO3. The minimum atomic E-state index is -0.254. The third-order valence-electron chi connectivity index (χ3n) is 4.32. The highest BCUT2D eigenvalue weighted by atomic mass is 16.7. The molecule has 0 aromatic rings. The Morgan fingerprint density at radius 3 is 2.75 bits per heavy atom. The van der Waals surface area contributed by atoms with Gasteiger partial charge in [0, 0.05) is 25.9 Å². The Balaban J connectivity index is 1.66. The second-order valence-electron chi connectivity index (χ2n) is 5.21. The number of nitrogens with zero attached hydrogens (tertiary/aromatic N) is 2. The molecule has 2 heterocycles. The lowest BCUT2D eigenvalue weighted by molar-refractivity contribution is -0.199. The molecule has 2 aliphatic heterocycles. The van der Waals surface area contributed by atoms with Crippen LogP contribution in [0.2, 0.25) is 0 Å². The summed E-state index contributed by atoms with van der Waals surface area (Å²) in [5, 5.41) is 8.91. The predicted octanol–water partition coefficient (Wildman–Crippen LogP) is 1.33. The average molecular weight is 222 g/mol. The zero-order valence-electron chi connectivity index (χ0n) is 9.52. The summed E-state index contributed by atoms with van der Waals surface area (Å²) in [5.41, 5.74) is 0. The van der Waals surface area contributed by atoms with Crippen molar-refractivity contribution in [3.8, 4) is 6.19 Å². The molecule has 3 fully saturated rings. The van der Waals surface area contributed by atoms with Crippen LogP contribution in [0.4, 0.5) is 0 Å². The van der Waals surface area contributed by atoms with Crippen molar-refractivity contribution in [2.45, 2.75) is 31.5 Å². The molecule has 88 valence electrons. The number of rotatable bonds is 0. The summed E-state index contributed by atoms with van der Waals surface area (Å²) in [5.74, 6) is 1.11. The molecule has 0 aromatic carbocycles. The number of hydrogen-bond donors (Lipinski definition) is 0. The smallest absolute Gasteiger partial charge is 0.179 e. The maximum Gasteiger partial charge on any atom is 0.179 e. The Morgan fingerprint density at radius 2 is 2.00 bits per heavy atom. The lowest BCUT2D eigenvalue weighted by Crippen LogP contribution is -2.47. The molecule has 2 unspecified atom stereocenters. The van der Waals surface area contributed by atoms with E-state index < -0.39 is 0 Å². The molecule has 0 bridgehead atoms. The molecule has 2 atom stereocenters. The van der Waals surface area contributed by atoms with Crippen molar-refractivity contribution < 1.29 is 9.47 Å². The standard InChI is InChI=1S/C12H18N2O2/c13-9-14-4-2-10-7-12(15-5-6-16-12)3-1-11(10)8-14/h10-11H,1-8H2. The molecule has 0 amide bonds. The average Bonchev–Trinajstić information content (AvgIpc) is 2.77. The van der Waals surface area contributed by atoms with E-state index in [1.165, 1.54) is 0 Å². The zero-order chi connectivity index (χ0) is 11.0. The molecule has 3 aliphatic rings. The van der Waals surface area contributed by atoms with Gasteiger partial charge in [0.05, 0.1) is 13.2 Å². The van der Waals surface area contributed by atoms with Crippen LogP contribution in [0.5, 0.6) is 0 Å². The molecule has 1 saturated carbocycles. The van der Waals surface area contributed by atoms with Crippen LogP contribution in [-0.4, -0.2) is 37.0 Å². The topological polar surface area (TPSA) is 45.5 Å². The van der Waals surface area contributed by atoms with Crippen molar-refractivity contribution in [3.63, 3.8) is 0 Å². The van der Waals surface area contributed by atoms with Crippen LogP contribution in [0.15, 0.2) is 0 Å². The first kappa shape index (κ1) is 10.4. The van der Waals surface area contributed by atoms with Gasteiger partial charge in [-0.3, -0.25) is 0 Å². The Morgan fingerprint density at radius 1 is 1.19 bits per heavy atom. The third kappa shape index (κ3) is 1.68. The van der Waals surface area contributed by atoms with Gasteiger partial charge in [-0.2, -0.15) is 5.26 Å². The maximum atomic E-state index is 8.91. The van der Waals surface area contributed by atoms with Gasteiger partial charge in [0.25, 0.3) is 0 Å². The highest BCUT2D eigenvalue weighted by molar-refractivity contribution is 4.94. The first-order valence-electron chi connectivity index (χ1n) is 6.24. The number of ether oxygens (including phenoxy) is 2. The van der Waals surface area contributed by atoms with Crippen molar-refractivity contribution in [2.24, 2.45) is 11.8 Å². The van der Waals surface area contributed by atoms with Crippen LogP contribution in [0, 0.1) is 23.3 Å². The van der Waals surface area contributed by atoms with Gasteiger partial charge in [0.1, 0.15) is 0 Å². The van der Waals surface area contributed by atoms with E-state index >= 15 is 0 Å². The van der Waals surface area contributed by atoms with E-state index in [1.807, 2.05) is 4.90 Å². The van der Waals surface area contributed by atoms with Crippen LogP contribution in [0.1, 0.15) is 25.7 Å². The minimum Gasteiger partial charge on any atom is -0.348 e. The highest BCUT2D eigenvalue weighted by Gasteiger charge is 2.46. The van der Waals surface area contributed by atoms with Gasteiger partial charge < -0.3 is 14.4 Å². The number of hydrogen-bond acceptors (Lipinski definition) is 4. The van der Waals surface area contributed by atoms with E-state index in [1.54, 1.807) is 0 Å². The molecule has 0 N–H and O–H groups in total. The van der Waals surface area contributed by atoms with Gasteiger partial charge in [0.2, 0.25) is 0 Å². The van der Waals surface area contributed by atoms with E-state index in [9.17, 15) is 0 Å². The molecule has 0 aromatic heterocycles. The predicted molar refractivity (Wildman–Crippen MR) is 57.3 cm³/mol. The molecule has 4 nitrogen and oxygen atoms in total. The largest absolute Gasteiger partial charge is 0.348 e. The Kier molecular flexibility index (Phi) is 2.53. The second kappa shape index (κ2) is 3.90. The van der Waals surface area contributed by atoms with Gasteiger partial charge in [-0.1, -0.05) is 0 Å². The van der Waals surface area contributed by atoms with E-state index in [0.29, 0.717) is 11.8 Å². The quantitative estimate of drug-likeness (QED) is 0.580. The number of likely N-dealkylation sites (tertiary alicyclic amines) is 1. The van der Waals surface area contributed by atoms with Crippen LogP contribution in [0.25, 0.3) is 0 Å². The van der Waals surface area contributed by atoms with Gasteiger partial charge in [-0.25, -0.2) is 0 Å². The normalized spacial score (nSPS) is 37.1.